The maximum atomic E-state index is 12.8. The van der Waals surface area contributed by atoms with Crippen LogP contribution in [0.3, 0.4) is 0 Å². The van der Waals surface area contributed by atoms with Gasteiger partial charge in [0.1, 0.15) is 11.5 Å². The summed E-state index contributed by atoms with van der Waals surface area (Å²) < 4.78 is 7.59. The predicted octanol–water partition coefficient (Wildman–Crippen LogP) is 4.93. The number of carbonyl (C=O) groups is 1. The quantitative estimate of drug-likeness (QED) is 0.530. The first-order valence-electron chi connectivity index (χ1n) is 9.22. The fourth-order valence-corrected chi connectivity index (χ4v) is 3.04. The van der Waals surface area contributed by atoms with Crippen LogP contribution in [0, 0.1) is 13.8 Å². The van der Waals surface area contributed by atoms with E-state index in [0.29, 0.717) is 22.7 Å². The zero-order valence-electron chi connectivity index (χ0n) is 16.2. The molecule has 2 aromatic heterocycles. The molecule has 4 aromatic rings. The zero-order valence-corrected chi connectivity index (χ0v) is 16.2. The van der Waals surface area contributed by atoms with E-state index in [4.69, 9.17) is 4.74 Å². The molecule has 1 amide bonds. The van der Waals surface area contributed by atoms with E-state index < -0.39 is 0 Å². The van der Waals surface area contributed by atoms with Crippen molar-refractivity contribution in [2.24, 2.45) is 0 Å². The third kappa shape index (κ3) is 4.01. The number of pyridine rings is 1. The Kier molecular flexibility index (Phi) is 5.07. The number of hydrogen-bond donors (Lipinski definition) is 1. The molecule has 0 atom stereocenters. The Bertz CT molecular complexity index is 1140. The van der Waals surface area contributed by atoms with E-state index >= 15 is 0 Å². The van der Waals surface area contributed by atoms with Crippen molar-refractivity contribution in [1.82, 2.24) is 14.8 Å². The van der Waals surface area contributed by atoms with Crippen LogP contribution in [0.25, 0.3) is 5.69 Å². The van der Waals surface area contributed by atoms with Crippen LogP contribution < -0.4 is 10.1 Å². The first kappa shape index (κ1) is 18.4. The van der Waals surface area contributed by atoms with Crippen LogP contribution in [0.1, 0.15) is 21.6 Å². The molecule has 4 rings (SSSR count). The number of benzene rings is 2. The number of anilines is 1. The first-order chi connectivity index (χ1) is 14.1. The highest BCUT2D eigenvalue weighted by Gasteiger charge is 2.15. The van der Waals surface area contributed by atoms with Gasteiger partial charge >= 0.3 is 0 Å². The third-order valence-corrected chi connectivity index (χ3v) is 4.55. The third-order valence-electron chi connectivity index (χ3n) is 4.55. The summed E-state index contributed by atoms with van der Waals surface area (Å²) in [5.41, 5.74) is 3.82. The first-order valence-corrected chi connectivity index (χ1v) is 9.22. The number of hydrogen-bond acceptors (Lipinski definition) is 4. The van der Waals surface area contributed by atoms with Crippen molar-refractivity contribution >= 4 is 11.6 Å². The van der Waals surface area contributed by atoms with Crippen molar-refractivity contribution in [1.29, 1.82) is 0 Å². The number of para-hydroxylation sites is 1. The molecule has 0 aliphatic carbocycles. The zero-order chi connectivity index (χ0) is 20.2. The van der Waals surface area contributed by atoms with Crippen LogP contribution in [0.5, 0.6) is 11.5 Å². The number of nitrogens with one attached hydrogen (secondary N) is 1. The fraction of sp³-hybridized carbons (Fsp3) is 0.0870. The van der Waals surface area contributed by atoms with Gasteiger partial charge in [-0.15, -0.1) is 0 Å². The summed E-state index contributed by atoms with van der Waals surface area (Å²) in [4.78, 5) is 16.8. The van der Waals surface area contributed by atoms with E-state index in [9.17, 15) is 4.79 Å². The molecule has 1 N–H and O–H groups in total. The fourth-order valence-electron chi connectivity index (χ4n) is 3.04. The molecule has 0 unspecified atom stereocenters. The van der Waals surface area contributed by atoms with E-state index in [-0.39, 0.29) is 5.91 Å². The second kappa shape index (κ2) is 7.98. The van der Waals surface area contributed by atoms with Crippen molar-refractivity contribution in [3.63, 3.8) is 0 Å². The van der Waals surface area contributed by atoms with E-state index in [1.165, 1.54) is 0 Å². The molecule has 0 saturated heterocycles. The van der Waals surface area contributed by atoms with Crippen molar-refractivity contribution < 1.29 is 9.53 Å². The van der Waals surface area contributed by atoms with Gasteiger partial charge in [-0.05, 0) is 61.9 Å². The molecule has 29 heavy (non-hydrogen) atoms. The Morgan fingerprint density at radius 2 is 1.83 bits per heavy atom. The van der Waals surface area contributed by atoms with Gasteiger partial charge in [-0.3, -0.25) is 9.78 Å². The highest BCUT2D eigenvalue weighted by atomic mass is 16.5. The predicted molar refractivity (Wildman–Crippen MR) is 112 cm³/mol. The van der Waals surface area contributed by atoms with Gasteiger partial charge < -0.3 is 10.1 Å². The SMILES string of the molecule is Cc1cc(NC(=O)c2cnn(-c3ccccc3)c2C)ccc1Oc1cccnc1. The summed E-state index contributed by atoms with van der Waals surface area (Å²) in [6.07, 6.45) is 4.94. The van der Waals surface area contributed by atoms with E-state index in [2.05, 4.69) is 15.4 Å². The lowest BCUT2D eigenvalue weighted by atomic mass is 10.2. The summed E-state index contributed by atoms with van der Waals surface area (Å²) >= 11 is 0. The number of amides is 1. The average Bonchev–Trinajstić information content (AvgIpc) is 3.13. The molecule has 0 radical (unpaired) electrons. The minimum Gasteiger partial charge on any atom is -0.455 e. The molecule has 0 bridgehead atoms. The smallest absolute Gasteiger partial charge is 0.259 e. The second-order valence-corrected chi connectivity index (χ2v) is 6.62. The summed E-state index contributed by atoms with van der Waals surface area (Å²) in [7, 11) is 0. The number of nitrogens with zero attached hydrogens (tertiary/aromatic N) is 3. The molecule has 2 aromatic carbocycles. The molecule has 144 valence electrons. The van der Waals surface area contributed by atoms with Crippen molar-refractivity contribution in [3.8, 4) is 17.2 Å². The van der Waals surface area contributed by atoms with Gasteiger partial charge in [0.25, 0.3) is 5.91 Å². The Labute approximate surface area is 168 Å². The summed E-state index contributed by atoms with van der Waals surface area (Å²) in [5.74, 6) is 1.17. The summed E-state index contributed by atoms with van der Waals surface area (Å²) in [5, 5.41) is 7.29. The number of ether oxygens (including phenoxy) is 1. The number of aryl methyl sites for hydroxylation is 1. The van der Waals surface area contributed by atoms with Crippen LogP contribution >= 0.6 is 0 Å². The van der Waals surface area contributed by atoms with Gasteiger partial charge in [0, 0.05) is 11.9 Å². The maximum absolute atomic E-state index is 12.8. The normalized spacial score (nSPS) is 10.6. The van der Waals surface area contributed by atoms with Gasteiger partial charge in [-0.1, -0.05) is 18.2 Å². The van der Waals surface area contributed by atoms with Gasteiger partial charge in [0.2, 0.25) is 0 Å². The lowest BCUT2D eigenvalue weighted by Gasteiger charge is -2.11. The number of carbonyl (C=O) groups excluding carboxylic acids is 1. The van der Waals surface area contributed by atoms with Crippen LogP contribution in [-0.2, 0) is 0 Å². The molecule has 6 heteroatoms. The Morgan fingerprint density at radius 3 is 2.55 bits per heavy atom. The van der Waals surface area contributed by atoms with Crippen LogP contribution in [0.15, 0.2) is 79.3 Å². The Balaban J connectivity index is 1.50. The molecule has 0 fully saturated rings. The van der Waals surface area contributed by atoms with Crippen molar-refractivity contribution in [3.05, 3.63) is 96.1 Å². The van der Waals surface area contributed by atoms with E-state index in [1.54, 1.807) is 23.3 Å². The van der Waals surface area contributed by atoms with Gasteiger partial charge in [-0.2, -0.15) is 5.10 Å². The van der Waals surface area contributed by atoms with Gasteiger partial charge in [0.15, 0.2) is 0 Å². The largest absolute Gasteiger partial charge is 0.455 e. The monoisotopic (exact) mass is 384 g/mol. The lowest BCUT2D eigenvalue weighted by molar-refractivity contribution is 0.102. The molecule has 0 saturated carbocycles. The van der Waals surface area contributed by atoms with Crippen LogP contribution in [0.4, 0.5) is 5.69 Å². The average molecular weight is 384 g/mol. The molecule has 2 heterocycles. The van der Waals surface area contributed by atoms with Gasteiger partial charge in [0.05, 0.1) is 29.3 Å². The highest BCUT2D eigenvalue weighted by Crippen LogP contribution is 2.27. The standard InChI is InChI=1S/C23H20N4O2/c1-16-13-18(10-11-22(16)29-20-9-6-12-24-14-20)26-23(28)21-15-25-27(17(21)2)19-7-4-3-5-8-19/h3-15H,1-2H3,(H,26,28). The minimum absolute atomic E-state index is 0.204. The topological polar surface area (TPSA) is 69.0 Å². The van der Waals surface area contributed by atoms with Crippen LogP contribution in [-0.4, -0.2) is 20.7 Å². The molecular formula is C23H20N4O2. The van der Waals surface area contributed by atoms with Crippen molar-refractivity contribution in [2.75, 3.05) is 5.32 Å². The number of aromatic nitrogens is 3. The Hall–Kier alpha value is -3.93. The minimum atomic E-state index is -0.204. The van der Waals surface area contributed by atoms with Crippen LogP contribution in [0.2, 0.25) is 0 Å². The van der Waals surface area contributed by atoms with Crippen molar-refractivity contribution in [2.45, 2.75) is 13.8 Å². The summed E-state index contributed by atoms with van der Waals surface area (Å²) in [6, 6.07) is 18.9. The lowest BCUT2D eigenvalue weighted by Crippen LogP contribution is -2.13. The van der Waals surface area contributed by atoms with E-state index in [0.717, 1.165) is 16.9 Å². The van der Waals surface area contributed by atoms with E-state index in [1.807, 2.05) is 74.5 Å². The van der Waals surface area contributed by atoms with Gasteiger partial charge in [-0.25, -0.2) is 4.68 Å². The second-order valence-electron chi connectivity index (χ2n) is 6.62. The molecular weight excluding hydrogens is 364 g/mol. The molecule has 0 aliphatic rings. The molecule has 6 nitrogen and oxygen atoms in total. The maximum Gasteiger partial charge on any atom is 0.259 e. The Morgan fingerprint density at radius 1 is 1.00 bits per heavy atom. The number of rotatable bonds is 5. The molecule has 0 spiro atoms. The molecule has 0 aliphatic heterocycles. The highest BCUT2D eigenvalue weighted by molar-refractivity contribution is 6.05. The summed E-state index contributed by atoms with van der Waals surface area (Å²) in [6.45, 7) is 3.81.